The van der Waals surface area contributed by atoms with E-state index < -0.39 is 5.60 Å². The van der Waals surface area contributed by atoms with Gasteiger partial charge in [0.25, 0.3) is 0 Å². The van der Waals surface area contributed by atoms with Gasteiger partial charge in [-0.15, -0.1) is 0 Å². The third kappa shape index (κ3) is 3.89. The zero-order chi connectivity index (χ0) is 19.0. The van der Waals surface area contributed by atoms with Crippen molar-refractivity contribution in [2.45, 2.75) is 51.7 Å². The van der Waals surface area contributed by atoms with E-state index >= 15 is 0 Å². The van der Waals surface area contributed by atoms with Crippen LogP contribution >= 0.6 is 0 Å². The minimum atomic E-state index is -0.454. The van der Waals surface area contributed by atoms with Crippen LogP contribution in [0.1, 0.15) is 50.9 Å². The number of carbonyl (C=O) groups excluding carboxylic acids is 1. The maximum atomic E-state index is 12.2. The second-order valence-electron chi connectivity index (χ2n) is 8.27. The van der Waals surface area contributed by atoms with E-state index in [1.165, 1.54) is 5.56 Å². The van der Waals surface area contributed by atoms with Crippen LogP contribution in [0.4, 0.5) is 4.79 Å². The first kappa shape index (κ1) is 17.8. The van der Waals surface area contributed by atoms with E-state index in [9.17, 15) is 4.79 Å². The molecule has 2 aromatic heterocycles. The minimum Gasteiger partial charge on any atom is -0.444 e. The fourth-order valence-corrected chi connectivity index (χ4v) is 3.61. The fourth-order valence-electron chi connectivity index (χ4n) is 3.61. The van der Waals surface area contributed by atoms with E-state index in [-0.39, 0.29) is 6.09 Å². The lowest BCUT2D eigenvalue weighted by atomic mass is 10.1. The Labute approximate surface area is 159 Å². The molecule has 6 nitrogen and oxygen atoms in total. The average Bonchev–Trinajstić information content (AvgIpc) is 3.29. The van der Waals surface area contributed by atoms with Crippen molar-refractivity contribution in [1.82, 2.24) is 19.7 Å². The summed E-state index contributed by atoms with van der Waals surface area (Å²) in [5.41, 5.74) is 4.06. The summed E-state index contributed by atoms with van der Waals surface area (Å²) < 4.78 is 7.50. The predicted molar refractivity (Wildman–Crippen MR) is 104 cm³/mol. The Morgan fingerprint density at radius 3 is 2.70 bits per heavy atom. The normalized spacial score (nSPS) is 17.2. The smallest absolute Gasteiger partial charge is 0.410 e. The molecular weight excluding hydrogens is 340 g/mol. The van der Waals surface area contributed by atoms with Crippen molar-refractivity contribution in [3.05, 3.63) is 42.0 Å². The summed E-state index contributed by atoms with van der Waals surface area (Å²) in [6.45, 7) is 7.07. The molecule has 4 rings (SSSR count). The molecule has 0 spiro atoms. The van der Waals surface area contributed by atoms with Gasteiger partial charge in [-0.25, -0.2) is 4.79 Å². The van der Waals surface area contributed by atoms with Crippen LogP contribution in [0.2, 0.25) is 0 Å². The van der Waals surface area contributed by atoms with Crippen LogP contribution < -0.4 is 0 Å². The molecule has 0 unspecified atom stereocenters. The van der Waals surface area contributed by atoms with Crippen LogP contribution in [0.3, 0.4) is 0 Å². The molecule has 1 amide bonds. The molecule has 2 aliphatic rings. The van der Waals surface area contributed by atoms with E-state index in [0.717, 1.165) is 36.1 Å². The topological polar surface area (TPSA) is 60.2 Å². The molecule has 1 aliphatic heterocycles. The van der Waals surface area contributed by atoms with Gasteiger partial charge in [0.05, 0.1) is 17.9 Å². The average molecular weight is 366 g/mol. The van der Waals surface area contributed by atoms with Gasteiger partial charge in [-0.05, 0) is 45.2 Å². The number of fused-ring (bicyclic) bond motifs is 1. The Kier molecular flexibility index (Phi) is 4.50. The lowest BCUT2D eigenvalue weighted by molar-refractivity contribution is 0.0185. The van der Waals surface area contributed by atoms with Crippen molar-refractivity contribution in [2.24, 2.45) is 0 Å². The molecule has 0 radical (unpaired) electrons. The Hall–Kier alpha value is -2.63. The van der Waals surface area contributed by atoms with E-state index in [1.807, 2.05) is 37.8 Å². The van der Waals surface area contributed by atoms with Crippen molar-refractivity contribution in [3.8, 4) is 11.1 Å². The first-order chi connectivity index (χ1) is 12.9. The maximum absolute atomic E-state index is 12.2. The lowest BCUT2D eigenvalue weighted by Gasteiger charge is -2.33. The van der Waals surface area contributed by atoms with Crippen LogP contribution in [0, 0.1) is 0 Å². The highest BCUT2D eigenvalue weighted by Crippen LogP contribution is 2.28. The number of hydrogen-bond donors (Lipinski definition) is 0. The predicted octanol–water partition coefficient (Wildman–Crippen LogP) is 4.09. The number of likely N-dealkylation sites (tertiary alicyclic amines) is 1. The molecule has 0 bridgehead atoms. The number of hydrogen-bond acceptors (Lipinski definition) is 4. The van der Waals surface area contributed by atoms with Gasteiger partial charge in [0.1, 0.15) is 5.60 Å². The van der Waals surface area contributed by atoms with Crippen molar-refractivity contribution in [1.29, 1.82) is 0 Å². The lowest BCUT2D eigenvalue weighted by Crippen LogP contribution is -2.42. The van der Waals surface area contributed by atoms with Crippen LogP contribution in [0.5, 0.6) is 0 Å². The van der Waals surface area contributed by atoms with E-state index in [4.69, 9.17) is 4.74 Å². The molecular formula is C21H26N4O2. The second-order valence-corrected chi connectivity index (χ2v) is 8.27. The molecule has 0 aromatic carbocycles. The summed E-state index contributed by atoms with van der Waals surface area (Å²) in [5.74, 6) is 0. The number of allylic oxidation sites excluding steroid dienone is 1. The molecule has 0 N–H and O–H groups in total. The molecule has 0 atom stereocenters. The van der Waals surface area contributed by atoms with Crippen molar-refractivity contribution in [3.63, 3.8) is 0 Å². The summed E-state index contributed by atoms with van der Waals surface area (Å²) in [6, 6.07) is 2.48. The van der Waals surface area contributed by atoms with Gasteiger partial charge in [0.15, 0.2) is 0 Å². The second kappa shape index (κ2) is 6.83. The van der Waals surface area contributed by atoms with E-state index in [2.05, 4.69) is 34.5 Å². The summed E-state index contributed by atoms with van der Waals surface area (Å²) in [4.78, 5) is 18.6. The number of carbonyl (C=O) groups is 1. The zero-order valence-electron chi connectivity index (χ0n) is 16.2. The Morgan fingerprint density at radius 2 is 1.96 bits per heavy atom. The van der Waals surface area contributed by atoms with Crippen LogP contribution in [-0.4, -0.2) is 44.4 Å². The largest absolute Gasteiger partial charge is 0.444 e. The van der Waals surface area contributed by atoms with Gasteiger partial charge >= 0.3 is 6.09 Å². The molecule has 3 heterocycles. The molecule has 1 saturated heterocycles. The number of ether oxygens (including phenoxy) is 1. The molecule has 2 aromatic rings. The standard InChI is InChI=1S/C21H26N4O2/c1-21(2,3)27-20(26)24-9-7-18(8-10-24)25-14-17(13-23-25)16-11-15-5-4-6-19(15)22-12-16/h4-5,11-14,18H,6-10H2,1-3H3. The maximum Gasteiger partial charge on any atom is 0.410 e. The van der Waals surface area contributed by atoms with Gasteiger partial charge in [-0.3, -0.25) is 9.67 Å². The molecule has 6 heteroatoms. The molecule has 1 aliphatic carbocycles. The highest BCUT2D eigenvalue weighted by atomic mass is 16.6. The van der Waals surface area contributed by atoms with Crippen LogP contribution in [-0.2, 0) is 11.2 Å². The molecule has 142 valence electrons. The summed E-state index contributed by atoms with van der Waals surface area (Å²) in [7, 11) is 0. The van der Waals surface area contributed by atoms with E-state index in [1.54, 1.807) is 4.90 Å². The van der Waals surface area contributed by atoms with Gasteiger partial charge < -0.3 is 9.64 Å². The number of rotatable bonds is 2. The molecule has 1 fully saturated rings. The van der Waals surface area contributed by atoms with Crippen molar-refractivity contribution >= 4 is 12.2 Å². The third-order valence-corrected chi connectivity index (χ3v) is 5.04. The minimum absolute atomic E-state index is 0.223. The van der Waals surface area contributed by atoms with Gasteiger partial charge in [-0.2, -0.15) is 5.10 Å². The Bertz CT molecular complexity index is 871. The highest BCUT2D eigenvalue weighted by molar-refractivity contribution is 5.69. The van der Waals surface area contributed by atoms with Crippen molar-refractivity contribution < 1.29 is 9.53 Å². The highest BCUT2D eigenvalue weighted by Gasteiger charge is 2.28. The van der Waals surface area contributed by atoms with Gasteiger partial charge in [-0.1, -0.05) is 12.2 Å². The van der Waals surface area contributed by atoms with Crippen molar-refractivity contribution in [2.75, 3.05) is 13.1 Å². The number of pyridine rings is 1. The van der Waals surface area contributed by atoms with E-state index in [0.29, 0.717) is 19.1 Å². The number of nitrogens with zero attached hydrogens (tertiary/aromatic N) is 4. The van der Waals surface area contributed by atoms with Crippen LogP contribution in [0.25, 0.3) is 17.2 Å². The number of amides is 1. The first-order valence-corrected chi connectivity index (χ1v) is 9.57. The number of aromatic nitrogens is 3. The summed E-state index contributed by atoms with van der Waals surface area (Å²) >= 11 is 0. The monoisotopic (exact) mass is 366 g/mol. The molecule has 0 saturated carbocycles. The summed E-state index contributed by atoms with van der Waals surface area (Å²) in [5, 5.41) is 4.58. The Morgan fingerprint density at radius 1 is 1.19 bits per heavy atom. The van der Waals surface area contributed by atoms with Gasteiger partial charge in [0.2, 0.25) is 0 Å². The van der Waals surface area contributed by atoms with Gasteiger partial charge in [0, 0.05) is 43.0 Å². The summed E-state index contributed by atoms with van der Waals surface area (Å²) in [6.07, 6.45) is 12.7. The quantitative estimate of drug-likeness (QED) is 0.803. The van der Waals surface area contributed by atoms with Crippen LogP contribution in [0.15, 0.2) is 30.7 Å². The third-order valence-electron chi connectivity index (χ3n) is 5.04. The SMILES string of the molecule is CC(C)(C)OC(=O)N1CCC(n2cc(-c3cnc4c(c3)C=CC4)cn2)CC1. The Balaban J connectivity index is 1.40. The number of piperidine rings is 1. The zero-order valence-corrected chi connectivity index (χ0v) is 16.2. The fraction of sp³-hybridized carbons (Fsp3) is 0.476. The molecule has 27 heavy (non-hydrogen) atoms. The first-order valence-electron chi connectivity index (χ1n) is 9.57.